The third kappa shape index (κ3) is 4.84. The Balaban J connectivity index is 1.22. The number of benzene rings is 2. The summed E-state index contributed by atoms with van der Waals surface area (Å²) in [5.41, 5.74) is 3.32. The normalized spacial score (nSPS) is 18.7. The number of nitrogens with zero attached hydrogens (tertiary/aromatic N) is 4. The molecule has 0 saturated carbocycles. The van der Waals surface area contributed by atoms with Crippen LogP contribution >= 0.6 is 0 Å². The summed E-state index contributed by atoms with van der Waals surface area (Å²) in [6.07, 6.45) is 1.01. The summed E-state index contributed by atoms with van der Waals surface area (Å²) >= 11 is 0. The molecule has 2 atom stereocenters. The van der Waals surface area contributed by atoms with Crippen molar-refractivity contribution < 1.29 is 9.59 Å². The van der Waals surface area contributed by atoms with Gasteiger partial charge in [0.1, 0.15) is 17.2 Å². The molecular weight excluding hydrogens is 478 g/mol. The number of nitrogens with one attached hydrogen (secondary N) is 3. The van der Waals surface area contributed by atoms with Gasteiger partial charge < -0.3 is 20.5 Å². The van der Waals surface area contributed by atoms with Crippen molar-refractivity contribution in [2.24, 2.45) is 0 Å². The number of H-pyrrole nitrogens is 1. The molecule has 2 aliphatic rings. The number of aromatic nitrogens is 3. The molecule has 2 aliphatic heterocycles. The van der Waals surface area contributed by atoms with Crippen LogP contribution in [0.1, 0.15) is 29.4 Å². The van der Waals surface area contributed by atoms with Gasteiger partial charge in [0.15, 0.2) is 5.82 Å². The number of rotatable bonds is 8. The number of hydrogen-bond acceptors (Lipinski definition) is 6. The van der Waals surface area contributed by atoms with Gasteiger partial charge in [-0.2, -0.15) is 0 Å². The van der Waals surface area contributed by atoms with Crippen LogP contribution in [0.2, 0.25) is 0 Å². The van der Waals surface area contributed by atoms with E-state index in [1.807, 2.05) is 47.4 Å². The fourth-order valence-electron chi connectivity index (χ4n) is 5.56. The van der Waals surface area contributed by atoms with E-state index in [-0.39, 0.29) is 17.9 Å². The van der Waals surface area contributed by atoms with Gasteiger partial charge in [-0.05, 0) is 18.1 Å². The summed E-state index contributed by atoms with van der Waals surface area (Å²) in [4.78, 5) is 42.2. The maximum atomic E-state index is 13.6. The molecule has 2 fully saturated rings. The standard InChI is InChI=1S/C29H31N7O2/c1-19(37)30-12-13-31-27-24-15-25(32-28(24)34-26(33-27)21-10-6-3-7-11-21)29(38)36-18-22-14-23(36)17-35(22)16-20-8-4-2-5-9-20/h2-11,15,22-23H,12-14,16-18H2,1H3,(H,30,37)(H2,31,32,33,34). The van der Waals surface area contributed by atoms with Crippen molar-refractivity contribution in [2.75, 3.05) is 31.5 Å². The lowest BCUT2D eigenvalue weighted by Gasteiger charge is -2.34. The zero-order valence-corrected chi connectivity index (χ0v) is 21.4. The molecular formula is C29H31N7O2. The van der Waals surface area contributed by atoms with Crippen molar-refractivity contribution >= 4 is 28.7 Å². The minimum absolute atomic E-state index is 0.000295. The van der Waals surface area contributed by atoms with Crippen molar-refractivity contribution in [3.63, 3.8) is 0 Å². The topological polar surface area (TPSA) is 106 Å². The molecule has 6 rings (SSSR count). The predicted octanol–water partition coefficient (Wildman–Crippen LogP) is 3.27. The van der Waals surface area contributed by atoms with Crippen LogP contribution in [0.15, 0.2) is 66.7 Å². The van der Waals surface area contributed by atoms with Crippen LogP contribution in [0.4, 0.5) is 5.82 Å². The van der Waals surface area contributed by atoms with E-state index in [1.54, 1.807) is 0 Å². The van der Waals surface area contributed by atoms with E-state index in [1.165, 1.54) is 12.5 Å². The van der Waals surface area contributed by atoms with Crippen molar-refractivity contribution in [3.8, 4) is 11.4 Å². The SMILES string of the molecule is CC(=O)NCCNc1nc(-c2ccccc2)nc2[nH]c(C(=O)N3CC4CC3CN4Cc3ccccc3)cc12. The Kier molecular flexibility index (Phi) is 6.51. The summed E-state index contributed by atoms with van der Waals surface area (Å²) in [6.45, 7) is 5.00. The Morgan fingerprint density at radius 3 is 2.45 bits per heavy atom. The van der Waals surface area contributed by atoms with Crippen molar-refractivity contribution in [1.82, 2.24) is 30.1 Å². The van der Waals surface area contributed by atoms with Crippen LogP contribution < -0.4 is 10.6 Å². The highest BCUT2D eigenvalue weighted by atomic mass is 16.2. The number of hydrogen-bond donors (Lipinski definition) is 3. The van der Waals surface area contributed by atoms with E-state index in [0.29, 0.717) is 42.1 Å². The van der Waals surface area contributed by atoms with E-state index < -0.39 is 0 Å². The summed E-state index contributed by atoms with van der Waals surface area (Å²) in [7, 11) is 0. The summed E-state index contributed by atoms with van der Waals surface area (Å²) in [5.74, 6) is 1.12. The molecule has 194 valence electrons. The van der Waals surface area contributed by atoms with Crippen LogP contribution in [-0.2, 0) is 11.3 Å². The van der Waals surface area contributed by atoms with Gasteiger partial charge in [-0.3, -0.25) is 14.5 Å². The number of anilines is 1. The molecule has 0 radical (unpaired) electrons. The fourth-order valence-corrected chi connectivity index (χ4v) is 5.56. The lowest BCUT2D eigenvalue weighted by atomic mass is 10.2. The number of piperazine rings is 1. The zero-order valence-electron chi connectivity index (χ0n) is 21.4. The minimum atomic E-state index is -0.0821. The zero-order chi connectivity index (χ0) is 26.1. The first-order valence-electron chi connectivity index (χ1n) is 13.1. The Bertz CT molecular complexity index is 1450. The van der Waals surface area contributed by atoms with Gasteiger partial charge in [-0.25, -0.2) is 9.97 Å². The molecule has 0 aliphatic carbocycles. The van der Waals surface area contributed by atoms with Crippen LogP contribution in [0, 0.1) is 0 Å². The third-order valence-corrected chi connectivity index (χ3v) is 7.38. The maximum absolute atomic E-state index is 13.6. The molecule has 2 aromatic heterocycles. The van der Waals surface area contributed by atoms with Gasteiger partial charge >= 0.3 is 0 Å². The van der Waals surface area contributed by atoms with Gasteiger partial charge in [0, 0.05) is 57.3 Å². The van der Waals surface area contributed by atoms with Crippen LogP contribution in [0.25, 0.3) is 22.4 Å². The second-order valence-corrected chi connectivity index (χ2v) is 10.0. The van der Waals surface area contributed by atoms with Gasteiger partial charge in [-0.15, -0.1) is 0 Å². The molecule has 9 heteroatoms. The lowest BCUT2D eigenvalue weighted by molar-refractivity contribution is -0.118. The average Bonchev–Trinajstić information content (AvgIpc) is 3.66. The Labute approximate surface area is 221 Å². The van der Waals surface area contributed by atoms with Crippen molar-refractivity contribution in [1.29, 1.82) is 0 Å². The number of amides is 2. The number of carbonyl (C=O) groups is 2. The minimum Gasteiger partial charge on any atom is -0.368 e. The van der Waals surface area contributed by atoms with Crippen molar-refractivity contribution in [3.05, 3.63) is 78.0 Å². The molecule has 2 amide bonds. The first kappa shape index (κ1) is 24.1. The van der Waals surface area contributed by atoms with Gasteiger partial charge in [0.05, 0.1) is 5.39 Å². The molecule has 3 N–H and O–H groups in total. The first-order chi connectivity index (χ1) is 18.5. The molecule has 9 nitrogen and oxygen atoms in total. The van der Waals surface area contributed by atoms with Crippen molar-refractivity contribution in [2.45, 2.75) is 32.0 Å². The number of likely N-dealkylation sites (tertiary alicyclic amines) is 2. The van der Waals surface area contributed by atoms with E-state index in [2.05, 4.69) is 44.8 Å². The van der Waals surface area contributed by atoms with Crippen LogP contribution in [-0.4, -0.2) is 74.8 Å². The van der Waals surface area contributed by atoms with Gasteiger partial charge in [-0.1, -0.05) is 60.7 Å². The lowest BCUT2D eigenvalue weighted by Crippen LogP contribution is -2.48. The maximum Gasteiger partial charge on any atom is 0.270 e. The quantitative estimate of drug-likeness (QED) is 0.315. The monoisotopic (exact) mass is 509 g/mol. The Morgan fingerprint density at radius 1 is 0.974 bits per heavy atom. The predicted molar refractivity (Wildman–Crippen MR) is 147 cm³/mol. The summed E-state index contributed by atoms with van der Waals surface area (Å²) in [5, 5.41) is 6.86. The second kappa shape index (κ2) is 10.3. The van der Waals surface area contributed by atoms with Gasteiger partial charge in [0.25, 0.3) is 5.91 Å². The molecule has 0 spiro atoms. The smallest absolute Gasteiger partial charge is 0.270 e. The fraction of sp³-hybridized carbons (Fsp3) is 0.310. The molecule has 2 aromatic carbocycles. The highest BCUT2D eigenvalue weighted by molar-refractivity contribution is 6.00. The molecule has 4 aromatic rings. The largest absolute Gasteiger partial charge is 0.368 e. The molecule has 4 heterocycles. The molecule has 2 unspecified atom stereocenters. The highest BCUT2D eigenvalue weighted by Crippen LogP contribution is 2.34. The van der Waals surface area contributed by atoms with E-state index >= 15 is 0 Å². The van der Waals surface area contributed by atoms with Crippen LogP contribution in [0.5, 0.6) is 0 Å². The number of carbonyl (C=O) groups excluding carboxylic acids is 2. The summed E-state index contributed by atoms with van der Waals surface area (Å²) in [6, 6.07) is 22.7. The first-order valence-corrected chi connectivity index (χ1v) is 13.1. The number of fused-ring (bicyclic) bond motifs is 3. The highest BCUT2D eigenvalue weighted by Gasteiger charge is 2.45. The van der Waals surface area contributed by atoms with E-state index in [9.17, 15) is 9.59 Å². The number of aromatic amines is 1. The second-order valence-electron chi connectivity index (χ2n) is 10.0. The van der Waals surface area contributed by atoms with Crippen LogP contribution in [0.3, 0.4) is 0 Å². The average molecular weight is 510 g/mol. The molecule has 38 heavy (non-hydrogen) atoms. The molecule has 2 saturated heterocycles. The third-order valence-electron chi connectivity index (χ3n) is 7.38. The Hall–Kier alpha value is -4.24. The molecule has 2 bridgehead atoms. The Morgan fingerprint density at radius 2 is 1.74 bits per heavy atom. The summed E-state index contributed by atoms with van der Waals surface area (Å²) < 4.78 is 0. The van der Waals surface area contributed by atoms with E-state index in [4.69, 9.17) is 9.97 Å². The van der Waals surface area contributed by atoms with E-state index in [0.717, 1.165) is 37.0 Å². The van der Waals surface area contributed by atoms with Gasteiger partial charge in [0.2, 0.25) is 5.91 Å².